The topological polar surface area (TPSA) is 115 Å². The van der Waals surface area contributed by atoms with Gasteiger partial charge in [-0.3, -0.25) is 4.79 Å². The Bertz CT molecular complexity index is 1310. The van der Waals surface area contributed by atoms with Crippen LogP contribution in [0.4, 0.5) is 0 Å². The van der Waals surface area contributed by atoms with Crippen molar-refractivity contribution in [3.05, 3.63) is 76.9 Å². The summed E-state index contributed by atoms with van der Waals surface area (Å²) in [5.41, 5.74) is 6.30. The molecular weight excluding hydrogens is 500 g/mol. The molecule has 1 unspecified atom stereocenters. The molecule has 2 heterocycles. The van der Waals surface area contributed by atoms with Gasteiger partial charge in [0.05, 0.1) is 31.8 Å². The fourth-order valence-electron chi connectivity index (χ4n) is 5.32. The van der Waals surface area contributed by atoms with Crippen molar-refractivity contribution in [2.75, 3.05) is 19.8 Å². The summed E-state index contributed by atoms with van der Waals surface area (Å²) in [7, 11) is 0. The standard InChI is InChI=1S/C31H34O8/c1-18-8-24(37-16-25-12-27(32)28(33)17-38-25)9-19(2)31(18)21-5-3-4-20(10-21)14-36-23-6-7-26-22(11-30(34)35)15-39-29(26)13-23/h3-10,13,22,25,27-28,32-33H,11-12,14-17H2,1-2H3,(H,34,35)/t22?,25-,27-,28+/m0/s1. The fourth-order valence-corrected chi connectivity index (χ4v) is 5.32. The van der Waals surface area contributed by atoms with Gasteiger partial charge in [0.25, 0.3) is 0 Å². The fraction of sp³-hybridized carbons (Fsp3) is 0.387. The van der Waals surface area contributed by atoms with Gasteiger partial charge in [-0.2, -0.15) is 0 Å². The van der Waals surface area contributed by atoms with Gasteiger partial charge in [0, 0.05) is 24.0 Å². The van der Waals surface area contributed by atoms with Gasteiger partial charge in [0.1, 0.15) is 36.6 Å². The molecule has 0 radical (unpaired) electrons. The summed E-state index contributed by atoms with van der Waals surface area (Å²) in [6.07, 6.45) is -1.50. The van der Waals surface area contributed by atoms with Crippen molar-refractivity contribution in [1.29, 1.82) is 0 Å². The molecular formula is C31H34O8. The van der Waals surface area contributed by atoms with Crippen LogP contribution in [0, 0.1) is 13.8 Å². The zero-order chi connectivity index (χ0) is 27.5. The lowest BCUT2D eigenvalue weighted by atomic mass is 9.94. The second-order valence-corrected chi connectivity index (χ2v) is 10.4. The molecule has 8 nitrogen and oxygen atoms in total. The third kappa shape index (κ3) is 6.36. The number of aliphatic carboxylic acids is 1. The van der Waals surface area contributed by atoms with E-state index in [0.29, 0.717) is 37.7 Å². The number of aryl methyl sites for hydroxylation is 2. The highest BCUT2D eigenvalue weighted by molar-refractivity contribution is 5.72. The minimum absolute atomic E-state index is 0.0516. The smallest absolute Gasteiger partial charge is 0.304 e. The molecule has 5 rings (SSSR count). The summed E-state index contributed by atoms with van der Waals surface area (Å²) in [5, 5.41) is 28.6. The number of fused-ring (bicyclic) bond motifs is 1. The molecule has 0 bridgehead atoms. The highest BCUT2D eigenvalue weighted by atomic mass is 16.5. The van der Waals surface area contributed by atoms with Crippen LogP contribution in [0.15, 0.2) is 54.6 Å². The average Bonchev–Trinajstić information content (AvgIpc) is 3.29. The number of aliphatic hydroxyl groups is 2. The first-order valence-corrected chi connectivity index (χ1v) is 13.2. The first-order valence-electron chi connectivity index (χ1n) is 13.2. The molecule has 3 aromatic rings. The molecule has 4 atom stereocenters. The third-order valence-corrected chi connectivity index (χ3v) is 7.30. The Hall–Kier alpha value is -3.59. The minimum atomic E-state index is -0.841. The largest absolute Gasteiger partial charge is 0.492 e. The number of rotatable bonds is 9. The van der Waals surface area contributed by atoms with Gasteiger partial charge >= 0.3 is 5.97 Å². The number of aliphatic hydroxyl groups excluding tert-OH is 2. The first kappa shape index (κ1) is 27.0. The van der Waals surface area contributed by atoms with Crippen molar-refractivity contribution < 1.29 is 39.1 Å². The maximum Gasteiger partial charge on any atom is 0.304 e. The molecule has 2 aliphatic heterocycles. The monoisotopic (exact) mass is 534 g/mol. The summed E-state index contributed by atoms with van der Waals surface area (Å²) in [6, 6.07) is 17.8. The summed E-state index contributed by atoms with van der Waals surface area (Å²) in [4.78, 5) is 11.1. The number of carbonyl (C=O) groups is 1. The molecule has 0 amide bonds. The van der Waals surface area contributed by atoms with Crippen LogP contribution in [0.5, 0.6) is 17.2 Å². The van der Waals surface area contributed by atoms with Crippen molar-refractivity contribution in [2.45, 2.75) is 57.5 Å². The van der Waals surface area contributed by atoms with E-state index in [9.17, 15) is 15.0 Å². The van der Waals surface area contributed by atoms with Crippen molar-refractivity contribution in [2.24, 2.45) is 0 Å². The molecule has 0 spiro atoms. The average molecular weight is 535 g/mol. The van der Waals surface area contributed by atoms with Gasteiger partial charge in [-0.15, -0.1) is 0 Å². The Balaban J connectivity index is 1.23. The highest BCUT2D eigenvalue weighted by Gasteiger charge is 2.29. The number of benzene rings is 3. The predicted octanol–water partition coefficient (Wildman–Crippen LogP) is 4.39. The van der Waals surface area contributed by atoms with Crippen molar-refractivity contribution in [3.8, 4) is 28.4 Å². The minimum Gasteiger partial charge on any atom is -0.492 e. The Morgan fingerprint density at radius 1 is 0.949 bits per heavy atom. The molecule has 1 saturated heterocycles. The molecule has 2 aliphatic rings. The molecule has 3 aromatic carbocycles. The van der Waals surface area contributed by atoms with Crippen LogP contribution in [-0.2, 0) is 16.1 Å². The number of ether oxygens (including phenoxy) is 4. The van der Waals surface area contributed by atoms with E-state index in [1.54, 1.807) is 0 Å². The Kier molecular flexibility index (Phi) is 8.07. The zero-order valence-electron chi connectivity index (χ0n) is 22.1. The second-order valence-electron chi connectivity index (χ2n) is 10.4. The highest BCUT2D eigenvalue weighted by Crippen LogP contribution is 2.38. The lowest BCUT2D eigenvalue weighted by Gasteiger charge is -2.30. The Morgan fingerprint density at radius 3 is 2.49 bits per heavy atom. The van der Waals surface area contributed by atoms with Gasteiger partial charge in [-0.25, -0.2) is 0 Å². The van der Waals surface area contributed by atoms with Gasteiger partial charge in [0.15, 0.2) is 0 Å². The van der Waals surface area contributed by atoms with Gasteiger partial charge in [0.2, 0.25) is 0 Å². The van der Waals surface area contributed by atoms with Crippen molar-refractivity contribution in [1.82, 2.24) is 0 Å². The third-order valence-electron chi connectivity index (χ3n) is 7.30. The number of carboxylic acid groups (broad SMARTS) is 1. The van der Waals surface area contributed by atoms with Crippen LogP contribution >= 0.6 is 0 Å². The molecule has 0 aliphatic carbocycles. The first-order chi connectivity index (χ1) is 18.8. The van der Waals surface area contributed by atoms with Crippen LogP contribution in [0.2, 0.25) is 0 Å². The molecule has 8 heteroatoms. The van der Waals surface area contributed by atoms with Crippen LogP contribution in [-0.4, -0.2) is 59.4 Å². The summed E-state index contributed by atoms with van der Waals surface area (Å²) in [5.74, 6) is 1.13. The summed E-state index contributed by atoms with van der Waals surface area (Å²) >= 11 is 0. The van der Waals surface area contributed by atoms with E-state index in [-0.39, 0.29) is 25.0 Å². The van der Waals surface area contributed by atoms with E-state index in [2.05, 4.69) is 26.0 Å². The lowest BCUT2D eigenvalue weighted by Crippen LogP contribution is -2.43. The molecule has 3 N–H and O–H groups in total. The Morgan fingerprint density at radius 2 is 1.74 bits per heavy atom. The predicted molar refractivity (Wildman–Crippen MR) is 144 cm³/mol. The van der Waals surface area contributed by atoms with Gasteiger partial charge < -0.3 is 34.3 Å². The van der Waals surface area contributed by atoms with E-state index in [0.717, 1.165) is 39.1 Å². The molecule has 39 heavy (non-hydrogen) atoms. The SMILES string of the molecule is Cc1cc(OC[C@@H]2C[C@H](O)[C@H](O)CO2)cc(C)c1-c1cccc(COc2ccc3c(c2)OCC3CC(=O)O)c1. The molecule has 206 valence electrons. The number of carboxylic acids is 1. The van der Waals surface area contributed by atoms with Crippen molar-refractivity contribution >= 4 is 5.97 Å². The maximum atomic E-state index is 11.1. The molecule has 0 aromatic heterocycles. The van der Waals surface area contributed by atoms with Crippen LogP contribution in [0.1, 0.15) is 41.0 Å². The van der Waals surface area contributed by atoms with Gasteiger partial charge in [-0.05, 0) is 65.9 Å². The Labute approximate surface area is 227 Å². The normalized spacial score (nSPS) is 22.2. The van der Waals surface area contributed by atoms with Crippen molar-refractivity contribution in [3.63, 3.8) is 0 Å². The molecule has 1 fully saturated rings. The van der Waals surface area contributed by atoms with Gasteiger partial charge in [-0.1, -0.05) is 24.3 Å². The van der Waals surface area contributed by atoms with E-state index in [1.807, 2.05) is 42.5 Å². The van der Waals surface area contributed by atoms with Crippen LogP contribution < -0.4 is 14.2 Å². The summed E-state index contributed by atoms with van der Waals surface area (Å²) < 4.78 is 23.3. The van der Waals surface area contributed by atoms with E-state index < -0.39 is 18.2 Å². The van der Waals surface area contributed by atoms with E-state index in [1.165, 1.54) is 0 Å². The van der Waals surface area contributed by atoms with E-state index in [4.69, 9.17) is 24.1 Å². The lowest BCUT2D eigenvalue weighted by molar-refractivity contribution is -0.137. The number of hydrogen-bond donors (Lipinski definition) is 3. The quantitative estimate of drug-likeness (QED) is 0.370. The maximum absolute atomic E-state index is 11.1. The number of hydrogen-bond acceptors (Lipinski definition) is 7. The van der Waals surface area contributed by atoms with Crippen LogP contribution in [0.25, 0.3) is 11.1 Å². The molecule has 0 saturated carbocycles. The summed E-state index contributed by atoms with van der Waals surface area (Å²) in [6.45, 7) is 5.28. The zero-order valence-corrected chi connectivity index (χ0v) is 22.1. The second kappa shape index (κ2) is 11.7. The van der Waals surface area contributed by atoms with Crippen LogP contribution in [0.3, 0.4) is 0 Å². The van der Waals surface area contributed by atoms with E-state index >= 15 is 0 Å².